The van der Waals surface area contributed by atoms with Crippen molar-refractivity contribution in [3.8, 4) is 11.4 Å². The molecule has 0 saturated carbocycles. The van der Waals surface area contributed by atoms with Crippen LogP contribution in [-0.2, 0) is 13.0 Å². The minimum atomic E-state index is -0.119. The molecule has 6 heteroatoms. The van der Waals surface area contributed by atoms with Crippen LogP contribution in [-0.4, -0.2) is 34.8 Å². The third kappa shape index (κ3) is 3.56. The van der Waals surface area contributed by atoms with Crippen LogP contribution < -0.4 is 10.2 Å². The maximum atomic E-state index is 12.5. The molecule has 0 unspecified atom stereocenters. The van der Waals surface area contributed by atoms with Crippen molar-refractivity contribution >= 4 is 17.3 Å². The molecule has 0 bridgehead atoms. The molecule has 27 heavy (non-hydrogen) atoms. The maximum absolute atomic E-state index is 12.5. The molecule has 1 aromatic heterocycles. The van der Waals surface area contributed by atoms with Gasteiger partial charge in [-0.3, -0.25) is 4.79 Å². The number of carbonyl (C=O) groups excluding carboxylic acids is 1. The van der Waals surface area contributed by atoms with Crippen molar-refractivity contribution in [3.63, 3.8) is 0 Å². The molecule has 0 radical (unpaired) electrons. The maximum Gasteiger partial charge on any atom is 0.255 e. The number of aromatic nitrogens is 3. The second-order valence-electron chi connectivity index (χ2n) is 7.02. The van der Waals surface area contributed by atoms with E-state index in [1.165, 1.54) is 6.42 Å². The number of fused-ring (bicyclic) bond motifs is 1. The van der Waals surface area contributed by atoms with Crippen LogP contribution in [0.2, 0.25) is 0 Å². The fourth-order valence-electron chi connectivity index (χ4n) is 3.35. The fourth-order valence-corrected chi connectivity index (χ4v) is 3.35. The Morgan fingerprint density at radius 1 is 1.07 bits per heavy atom. The van der Waals surface area contributed by atoms with Crippen molar-refractivity contribution in [1.29, 1.82) is 0 Å². The van der Waals surface area contributed by atoms with Crippen molar-refractivity contribution < 1.29 is 4.79 Å². The Morgan fingerprint density at radius 2 is 1.89 bits per heavy atom. The lowest BCUT2D eigenvalue weighted by Gasteiger charge is -2.15. The summed E-state index contributed by atoms with van der Waals surface area (Å²) in [5, 5.41) is 11.6. The molecule has 0 fully saturated rings. The first kappa shape index (κ1) is 17.3. The molecule has 1 aliphatic heterocycles. The van der Waals surface area contributed by atoms with E-state index in [2.05, 4.69) is 20.1 Å². The van der Waals surface area contributed by atoms with Gasteiger partial charge in [0.2, 0.25) is 0 Å². The minimum Gasteiger partial charge on any atom is -0.378 e. The van der Waals surface area contributed by atoms with Gasteiger partial charge in [-0.05, 0) is 55.3 Å². The Hall–Kier alpha value is -3.15. The van der Waals surface area contributed by atoms with Crippen LogP contribution in [0.25, 0.3) is 11.4 Å². The van der Waals surface area contributed by atoms with Crippen molar-refractivity contribution in [3.05, 3.63) is 59.9 Å². The molecule has 1 amide bonds. The van der Waals surface area contributed by atoms with E-state index in [1.54, 1.807) is 0 Å². The number of nitrogens with one attached hydrogen (secondary N) is 1. The number of anilines is 2. The van der Waals surface area contributed by atoms with Gasteiger partial charge in [-0.15, -0.1) is 10.2 Å². The van der Waals surface area contributed by atoms with E-state index >= 15 is 0 Å². The number of rotatable bonds is 4. The summed E-state index contributed by atoms with van der Waals surface area (Å²) in [7, 11) is 3.91. The predicted molar refractivity (Wildman–Crippen MR) is 107 cm³/mol. The van der Waals surface area contributed by atoms with Gasteiger partial charge in [0.15, 0.2) is 5.82 Å². The molecule has 0 spiro atoms. The van der Waals surface area contributed by atoms with Crippen LogP contribution in [0, 0.1) is 0 Å². The molecule has 6 nitrogen and oxygen atoms in total. The molecule has 4 rings (SSSR count). The topological polar surface area (TPSA) is 63.1 Å². The van der Waals surface area contributed by atoms with Gasteiger partial charge in [0.25, 0.3) is 5.91 Å². The minimum absolute atomic E-state index is 0.119. The SMILES string of the molecule is CN(C)c1cccc(C(=O)Nc2ccc(-c3nnc4n3CCCC4)cc2)c1. The third-order valence-corrected chi connectivity index (χ3v) is 4.89. The number of aryl methyl sites for hydroxylation is 1. The molecular formula is C21H23N5O. The zero-order chi connectivity index (χ0) is 18.8. The number of benzene rings is 2. The Kier molecular flexibility index (Phi) is 4.62. The summed E-state index contributed by atoms with van der Waals surface area (Å²) >= 11 is 0. The smallest absolute Gasteiger partial charge is 0.255 e. The van der Waals surface area contributed by atoms with Crippen LogP contribution in [0.5, 0.6) is 0 Å². The highest BCUT2D eigenvalue weighted by molar-refractivity contribution is 6.04. The summed E-state index contributed by atoms with van der Waals surface area (Å²) in [4.78, 5) is 14.5. The second-order valence-corrected chi connectivity index (χ2v) is 7.02. The van der Waals surface area contributed by atoms with Crippen LogP contribution >= 0.6 is 0 Å². The zero-order valence-electron chi connectivity index (χ0n) is 15.6. The zero-order valence-corrected chi connectivity index (χ0v) is 15.6. The Bertz CT molecular complexity index is 959. The Labute approximate surface area is 158 Å². The molecule has 3 aromatic rings. The number of nitrogens with zero attached hydrogens (tertiary/aromatic N) is 4. The van der Waals surface area contributed by atoms with Gasteiger partial charge in [0.1, 0.15) is 5.82 Å². The van der Waals surface area contributed by atoms with E-state index < -0.39 is 0 Å². The lowest BCUT2D eigenvalue weighted by atomic mass is 10.1. The highest BCUT2D eigenvalue weighted by Gasteiger charge is 2.17. The lowest BCUT2D eigenvalue weighted by Crippen LogP contribution is -2.14. The average molecular weight is 361 g/mol. The van der Waals surface area contributed by atoms with Crippen LogP contribution in [0.3, 0.4) is 0 Å². The standard InChI is InChI=1S/C21H23N5O/c1-25(2)18-7-5-6-16(14-18)21(27)22-17-11-9-15(10-12-17)20-24-23-19-8-3-4-13-26(19)20/h5-7,9-12,14H,3-4,8,13H2,1-2H3,(H,22,27). The highest BCUT2D eigenvalue weighted by Crippen LogP contribution is 2.24. The molecule has 1 aliphatic rings. The van der Waals surface area contributed by atoms with Gasteiger partial charge >= 0.3 is 0 Å². The molecular weight excluding hydrogens is 338 g/mol. The summed E-state index contributed by atoms with van der Waals surface area (Å²) in [6, 6.07) is 15.4. The van der Waals surface area contributed by atoms with Gasteiger partial charge in [-0.2, -0.15) is 0 Å². The van der Waals surface area contributed by atoms with E-state index in [-0.39, 0.29) is 5.91 Å². The molecule has 2 heterocycles. The lowest BCUT2D eigenvalue weighted by molar-refractivity contribution is 0.102. The Balaban J connectivity index is 1.50. The van der Waals surface area contributed by atoms with E-state index in [9.17, 15) is 4.79 Å². The first-order chi connectivity index (χ1) is 13.1. The summed E-state index contributed by atoms with van der Waals surface area (Å²) < 4.78 is 2.20. The molecule has 0 aliphatic carbocycles. The summed E-state index contributed by atoms with van der Waals surface area (Å²) in [6.07, 6.45) is 3.34. The average Bonchev–Trinajstić information content (AvgIpc) is 3.13. The number of carbonyl (C=O) groups is 1. The summed E-state index contributed by atoms with van der Waals surface area (Å²) in [5.74, 6) is 1.85. The van der Waals surface area contributed by atoms with Crippen molar-refractivity contribution in [2.24, 2.45) is 0 Å². The summed E-state index contributed by atoms with van der Waals surface area (Å²) in [5.41, 5.74) is 3.41. The molecule has 0 saturated heterocycles. The number of amides is 1. The first-order valence-corrected chi connectivity index (χ1v) is 9.23. The first-order valence-electron chi connectivity index (χ1n) is 9.23. The van der Waals surface area contributed by atoms with Crippen molar-refractivity contribution in [2.45, 2.75) is 25.8 Å². The van der Waals surface area contributed by atoms with Crippen LogP contribution in [0.15, 0.2) is 48.5 Å². The van der Waals surface area contributed by atoms with Gasteiger partial charge in [-0.1, -0.05) is 6.07 Å². The van der Waals surface area contributed by atoms with E-state index in [1.807, 2.05) is 67.5 Å². The monoisotopic (exact) mass is 361 g/mol. The number of hydrogen-bond acceptors (Lipinski definition) is 4. The fraction of sp³-hybridized carbons (Fsp3) is 0.286. The van der Waals surface area contributed by atoms with E-state index in [0.717, 1.165) is 48.0 Å². The van der Waals surface area contributed by atoms with Gasteiger partial charge < -0.3 is 14.8 Å². The molecule has 2 aromatic carbocycles. The Morgan fingerprint density at radius 3 is 2.67 bits per heavy atom. The van der Waals surface area contributed by atoms with E-state index in [0.29, 0.717) is 5.56 Å². The van der Waals surface area contributed by atoms with Crippen molar-refractivity contribution in [2.75, 3.05) is 24.3 Å². The molecule has 1 N–H and O–H groups in total. The molecule has 0 atom stereocenters. The largest absolute Gasteiger partial charge is 0.378 e. The van der Waals surface area contributed by atoms with Gasteiger partial charge in [0.05, 0.1) is 0 Å². The van der Waals surface area contributed by atoms with Gasteiger partial charge in [-0.25, -0.2) is 0 Å². The quantitative estimate of drug-likeness (QED) is 0.771. The highest BCUT2D eigenvalue weighted by atomic mass is 16.1. The summed E-state index contributed by atoms with van der Waals surface area (Å²) in [6.45, 7) is 0.971. The third-order valence-electron chi connectivity index (χ3n) is 4.89. The van der Waals surface area contributed by atoms with Crippen molar-refractivity contribution in [1.82, 2.24) is 14.8 Å². The molecule has 138 valence electrons. The normalized spacial score (nSPS) is 13.1. The van der Waals surface area contributed by atoms with Gasteiger partial charge in [0, 0.05) is 49.6 Å². The van der Waals surface area contributed by atoms with Crippen LogP contribution in [0.1, 0.15) is 29.0 Å². The van der Waals surface area contributed by atoms with E-state index in [4.69, 9.17) is 0 Å². The van der Waals surface area contributed by atoms with Crippen LogP contribution in [0.4, 0.5) is 11.4 Å². The number of hydrogen-bond donors (Lipinski definition) is 1. The second kappa shape index (κ2) is 7.23. The predicted octanol–water partition coefficient (Wildman–Crippen LogP) is 3.60.